The maximum atomic E-state index is 13.7. The Morgan fingerprint density at radius 2 is 1.91 bits per heavy atom. The molecule has 7 heteroatoms. The number of hydrogen-bond acceptors (Lipinski definition) is 3. The van der Waals surface area contributed by atoms with E-state index >= 15 is 0 Å². The lowest BCUT2D eigenvalue weighted by Gasteiger charge is -2.18. The van der Waals surface area contributed by atoms with Gasteiger partial charge >= 0.3 is 0 Å². The van der Waals surface area contributed by atoms with Gasteiger partial charge in [0.2, 0.25) is 10.0 Å². The van der Waals surface area contributed by atoms with Crippen LogP contribution in [0.15, 0.2) is 47.4 Å². The Morgan fingerprint density at radius 3 is 2.50 bits per heavy atom. The molecule has 0 fully saturated rings. The predicted molar refractivity (Wildman–Crippen MR) is 83.1 cm³/mol. The smallest absolute Gasteiger partial charge is 0.244 e. The summed E-state index contributed by atoms with van der Waals surface area (Å²) >= 11 is 5.94. The predicted octanol–water partition coefficient (Wildman–Crippen LogP) is 3.31. The van der Waals surface area contributed by atoms with Crippen molar-refractivity contribution in [3.05, 3.63) is 58.9 Å². The average molecular weight is 344 g/mol. The van der Waals surface area contributed by atoms with Gasteiger partial charge in [0.05, 0.1) is 12.1 Å². The van der Waals surface area contributed by atoms with Gasteiger partial charge in [-0.25, -0.2) is 12.8 Å². The molecule has 2 rings (SSSR count). The fourth-order valence-electron chi connectivity index (χ4n) is 1.97. The van der Waals surface area contributed by atoms with Crippen molar-refractivity contribution in [1.29, 1.82) is 0 Å². The van der Waals surface area contributed by atoms with Crippen molar-refractivity contribution < 1.29 is 17.5 Å². The van der Waals surface area contributed by atoms with Gasteiger partial charge in [-0.15, -0.1) is 0 Å². The minimum absolute atomic E-state index is 0.0214. The molecule has 2 aromatic rings. The molecule has 22 heavy (non-hydrogen) atoms. The SMILES string of the molecule is COc1ccc(CN(C)S(=O)(=O)c2ccccc2Cl)cc1F. The molecule has 0 aliphatic carbocycles. The van der Waals surface area contributed by atoms with Crippen LogP contribution < -0.4 is 4.74 Å². The van der Waals surface area contributed by atoms with E-state index in [1.54, 1.807) is 18.2 Å². The first-order valence-electron chi connectivity index (χ1n) is 6.39. The van der Waals surface area contributed by atoms with Gasteiger partial charge in [-0.05, 0) is 29.8 Å². The Balaban J connectivity index is 2.27. The summed E-state index contributed by atoms with van der Waals surface area (Å²) in [6.07, 6.45) is 0. The Labute approximate surface area is 134 Å². The van der Waals surface area contributed by atoms with Crippen molar-refractivity contribution in [2.45, 2.75) is 11.4 Å². The van der Waals surface area contributed by atoms with E-state index in [4.69, 9.17) is 16.3 Å². The molecule has 4 nitrogen and oxygen atoms in total. The normalized spacial score (nSPS) is 11.7. The first-order chi connectivity index (χ1) is 10.4. The van der Waals surface area contributed by atoms with Crippen LogP contribution in [0.5, 0.6) is 5.75 Å². The zero-order valence-corrected chi connectivity index (χ0v) is 13.7. The van der Waals surface area contributed by atoms with Gasteiger partial charge in [-0.3, -0.25) is 0 Å². The summed E-state index contributed by atoms with van der Waals surface area (Å²) in [4.78, 5) is 0.0214. The molecule has 0 aliphatic heterocycles. The second-order valence-corrected chi connectivity index (χ2v) is 7.08. The summed E-state index contributed by atoms with van der Waals surface area (Å²) in [6, 6.07) is 10.5. The number of ether oxygens (including phenoxy) is 1. The summed E-state index contributed by atoms with van der Waals surface area (Å²) < 4.78 is 44.6. The van der Waals surface area contributed by atoms with E-state index in [2.05, 4.69) is 0 Å². The molecule has 2 aromatic carbocycles. The van der Waals surface area contributed by atoms with Gasteiger partial charge in [-0.1, -0.05) is 29.8 Å². The van der Waals surface area contributed by atoms with Crippen LogP contribution in [0, 0.1) is 5.82 Å². The number of halogens is 2. The molecule has 0 N–H and O–H groups in total. The molecule has 0 saturated carbocycles. The van der Waals surface area contributed by atoms with Crippen LogP contribution in [-0.4, -0.2) is 26.9 Å². The highest BCUT2D eigenvalue weighted by molar-refractivity contribution is 7.89. The molecule has 0 spiro atoms. The van der Waals surface area contributed by atoms with Gasteiger partial charge in [0.25, 0.3) is 0 Å². The van der Waals surface area contributed by atoms with Crippen molar-refractivity contribution in [3.63, 3.8) is 0 Å². The molecular weight excluding hydrogens is 329 g/mol. The summed E-state index contributed by atoms with van der Waals surface area (Å²) in [5, 5.41) is 0.148. The van der Waals surface area contributed by atoms with Crippen LogP contribution in [0.2, 0.25) is 5.02 Å². The number of methoxy groups -OCH3 is 1. The fraction of sp³-hybridized carbons (Fsp3) is 0.200. The molecule has 118 valence electrons. The number of nitrogens with zero attached hydrogens (tertiary/aromatic N) is 1. The molecule has 0 amide bonds. The van der Waals surface area contributed by atoms with Crippen LogP contribution >= 0.6 is 11.6 Å². The lowest BCUT2D eigenvalue weighted by molar-refractivity contribution is 0.385. The maximum absolute atomic E-state index is 13.7. The van der Waals surface area contributed by atoms with E-state index < -0.39 is 15.8 Å². The zero-order chi connectivity index (χ0) is 16.3. The van der Waals surface area contributed by atoms with Crippen molar-refractivity contribution in [1.82, 2.24) is 4.31 Å². The minimum atomic E-state index is -3.75. The topological polar surface area (TPSA) is 46.6 Å². The van der Waals surface area contributed by atoms with Gasteiger partial charge in [0, 0.05) is 13.6 Å². The van der Waals surface area contributed by atoms with Crippen molar-refractivity contribution in [3.8, 4) is 5.75 Å². The third-order valence-corrected chi connectivity index (χ3v) is 5.45. The van der Waals surface area contributed by atoms with Crippen molar-refractivity contribution in [2.75, 3.05) is 14.2 Å². The number of sulfonamides is 1. The first kappa shape index (κ1) is 16.7. The Morgan fingerprint density at radius 1 is 1.23 bits per heavy atom. The van der Waals surface area contributed by atoms with Crippen LogP contribution in [0.25, 0.3) is 0 Å². The van der Waals surface area contributed by atoms with Crippen LogP contribution in [0.4, 0.5) is 4.39 Å². The standard InChI is InChI=1S/C15H15ClFNO3S/c1-18(10-11-7-8-14(21-2)13(17)9-11)22(19,20)15-6-4-3-5-12(15)16/h3-9H,10H2,1-2H3. The van der Waals surface area contributed by atoms with Crippen LogP contribution in [0.3, 0.4) is 0 Å². The molecule has 0 bridgehead atoms. The van der Waals surface area contributed by atoms with Crippen molar-refractivity contribution in [2.24, 2.45) is 0 Å². The van der Waals surface area contributed by atoms with Gasteiger partial charge < -0.3 is 4.74 Å². The van der Waals surface area contributed by atoms with E-state index in [0.29, 0.717) is 5.56 Å². The van der Waals surface area contributed by atoms with Gasteiger partial charge in [-0.2, -0.15) is 4.31 Å². The van der Waals surface area contributed by atoms with Crippen LogP contribution in [-0.2, 0) is 16.6 Å². The summed E-state index contributed by atoms with van der Waals surface area (Å²) in [5.74, 6) is -0.427. The highest BCUT2D eigenvalue weighted by Gasteiger charge is 2.23. The summed E-state index contributed by atoms with van der Waals surface area (Å²) in [7, 11) is -0.964. The average Bonchev–Trinajstić information content (AvgIpc) is 2.47. The number of benzene rings is 2. The fourth-order valence-corrected chi connectivity index (χ4v) is 3.62. The highest BCUT2D eigenvalue weighted by Crippen LogP contribution is 2.25. The van der Waals surface area contributed by atoms with E-state index in [1.807, 2.05) is 0 Å². The third kappa shape index (κ3) is 3.40. The van der Waals surface area contributed by atoms with Gasteiger partial charge in [0.15, 0.2) is 11.6 Å². The zero-order valence-electron chi connectivity index (χ0n) is 12.1. The Hall–Kier alpha value is -1.63. The second-order valence-electron chi connectivity index (χ2n) is 4.66. The lowest BCUT2D eigenvalue weighted by atomic mass is 10.2. The Bertz CT molecular complexity index is 780. The number of rotatable bonds is 5. The first-order valence-corrected chi connectivity index (χ1v) is 8.21. The minimum Gasteiger partial charge on any atom is -0.494 e. The quantitative estimate of drug-likeness (QED) is 0.836. The molecule has 0 unspecified atom stereocenters. The lowest BCUT2D eigenvalue weighted by Crippen LogP contribution is -2.26. The van der Waals surface area contributed by atoms with E-state index in [-0.39, 0.29) is 22.2 Å². The Kier molecular flexibility index (Phi) is 5.05. The molecule has 0 atom stereocenters. The second kappa shape index (κ2) is 6.64. The van der Waals surface area contributed by atoms with E-state index in [9.17, 15) is 12.8 Å². The molecular formula is C15H15ClFNO3S. The summed E-state index contributed by atoms with van der Waals surface area (Å²) in [6.45, 7) is 0.0223. The molecule has 0 aliphatic rings. The monoisotopic (exact) mass is 343 g/mol. The van der Waals surface area contributed by atoms with Crippen molar-refractivity contribution >= 4 is 21.6 Å². The molecule has 0 radical (unpaired) electrons. The van der Waals surface area contributed by atoms with E-state index in [0.717, 1.165) is 4.31 Å². The molecule has 0 heterocycles. The van der Waals surface area contributed by atoms with E-state index in [1.165, 1.54) is 38.4 Å². The summed E-state index contributed by atoms with van der Waals surface area (Å²) in [5.41, 5.74) is 0.511. The maximum Gasteiger partial charge on any atom is 0.244 e. The van der Waals surface area contributed by atoms with Crippen LogP contribution in [0.1, 0.15) is 5.56 Å². The largest absolute Gasteiger partial charge is 0.494 e. The highest BCUT2D eigenvalue weighted by atomic mass is 35.5. The third-order valence-electron chi connectivity index (χ3n) is 3.15. The number of hydrogen-bond donors (Lipinski definition) is 0. The molecule has 0 saturated heterocycles. The molecule has 0 aromatic heterocycles. The van der Waals surface area contributed by atoms with Gasteiger partial charge in [0.1, 0.15) is 4.90 Å².